The number of hydrogen-bond donors (Lipinski definition) is 0. The van der Waals surface area contributed by atoms with E-state index in [-0.39, 0.29) is 0 Å². The van der Waals surface area contributed by atoms with Crippen molar-refractivity contribution in [1.29, 1.82) is 0 Å². The number of ether oxygens (including phenoxy) is 1. The minimum Gasteiger partial charge on any atom is -0.475 e. The van der Waals surface area contributed by atoms with Crippen molar-refractivity contribution in [2.45, 2.75) is 32.7 Å². The van der Waals surface area contributed by atoms with Crippen molar-refractivity contribution in [1.82, 2.24) is 15.0 Å². The summed E-state index contributed by atoms with van der Waals surface area (Å²) in [5.74, 6) is 0.731. The van der Waals surface area contributed by atoms with Crippen molar-refractivity contribution < 1.29 is 4.74 Å². The van der Waals surface area contributed by atoms with E-state index in [1.165, 1.54) is 0 Å². The van der Waals surface area contributed by atoms with Crippen LogP contribution in [-0.4, -0.2) is 21.6 Å². The van der Waals surface area contributed by atoms with Gasteiger partial charge >= 0.3 is 0 Å². The van der Waals surface area contributed by atoms with Gasteiger partial charge in [-0.2, -0.15) is 0 Å². The summed E-state index contributed by atoms with van der Waals surface area (Å²) in [7, 11) is 0. The van der Waals surface area contributed by atoms with Gasteiger partial charge in [0.25, 0.3) is 5.88 Å². The molecule has 66 valence electrons. The molecule has 1 aliphatic heterocycles. The molecule has 0 bridgehead atoms. The summed E-state index contributed by atoms with van der Waals surface area (Å²) < 4.78 is 7.30. The third kappa shape index (κ3) is 1.07. The molecule has 0 saturated heterocycles. The zero-order chi connectivity index (χ0) is 8.55. The Kier molecular flexibility index (Phi) is 1.75. The summed E-state index contributed by atoms with van der Waals surface area (Å²) in [4.78, 5) is 0. The average Bonchev–Trinajstić information content (AvgIpc) is 2.47. The molecule has 0 saturated carbocycles. The van der Waals surface area contributed by atoms with Crippen molar-refractivity contribution in [2.24, 2.45) is 0 Å². The smallest absolute Gasteiger partial charge is 0.256 e. The molecule has 4 heteroatoms. The van der Waals surface area contributed by atoms with Crippen molar-refractivity contribution >= 4 is 0 Å². The van der Waals surface area contributed by atoms with Crippen molar-refractivity contribution in [2.75, 3.05) is 6.61 Å². The van der Waals surface area contributed by atoms with E-state index in [9.17, 15) is 0 Å². The number of fused-ring (bicyclic) bond motifs is 1. The summed E-state index contributed by atoms with van der Waals surface area (Å²) >= 11 is 0. The highest BCUT2D eigenvalue weighted by Gasteiger charge is 2.19. The van der Waals surface area contributed by atoms with Gasteiger partial charge in [-0.25, -0.2) is 4.68 Å². The summed E-state index contributed by atoms with van der Waals surface area (Å²) in [6.45, 7) is 4.98. The van der Waals surface area contributed by atoms with E-state index in [0.717, 1.165) is 31.0 Å². The minimum absolute atomic E-state index is 0.378. The molecule has 1 aromatic rings. The molecule has 0 amide bonds. The lowest BCUT2D eigenvalue weighted by Gasteiger charge is -2.14. The van der Waals surface area contributed by atoms with Crippen molar-refractivity contribution in [3.8, 4) is 5.88 Å². The maximum atomic E-state index is 5.36. The summed E-state index contributed by atoms with van der Waals surface area (Å²) in [6, 6.07) is 0.378. The van der Waals surface area contributed by atoms with E-state index < -0.39 is 0 Å². The Hall–Kier alpha value is -1.06. The molecular weight excluding hydrogens is 154 g/mol. The third-order valence-electron chi connectivity index (χ3n) is 2.04. The van der Waals surface area contributed by atoms with Crippen LogP contribution in [0.25, 0.3) is 0 Å². The summed E-state index contributed by atoms with van der Waals surface area (Å²) in [5, 5.41) is 8.01. The van der Waals surface area contributed by atoms with E-state index in [1.54, 1.807) is 0 Å². The maximum absolute atomic E-state index is 5.36. The molecule has 1 aliphatic rings. The first-order chi connectivity index (χ1) is 5.79. The average molecular weight is 167 g/mol. The molecule has 0 aromatic carbocycles. The van der Waals surface area contributed by atoms with Crippen LogP contribution < -0.4 is 4.74 Å². The first kappa shape index (κ1) is 7.58. The van der Waals surface area contributed by atoms with Crippen LogP contribution in [0.1, 0.15) is 32.0 Å². The maximum Gasteiger partial charge on any atom is 0.256 e. The topological polar surface area (TPSA) is 39.9 Å². The van der Waals surface area contributed by atoms with Crippen LogP contribution in [0.3, 0.4) is 0 Å². The van der Waals surface area contributed by atoms with Crippen LogP contribution in [0.15, 0.2) is 0 Å². The van der Waals surface area contributed by atoms with Gasteiger partial charge in [-0.3, -0.25) is 0 Å². The Morgan fingerprint density at radius 3 is 3.08 bits per heavy atom. The molecule has 12 heavy (non-hydrogen) atoms. The standard InChI is InChI=1S/C8H13N3O/c1-6(2)11-7-4-3-5-12-8(7)9-10-11/h6H,3-5H2,1-2H3. The van der Waals surface area contributed by atoms with Gasteiger partial charge < -0.3 is 4.74 Å². The van der Waals surface area contributed by atoms with E-state index in [1.807, 2.05) is 4.68 Å². The predicted molar refractivity (Wildman–Crippen MR) is 44.2 cm³/mol. The number of rotatable bonds is 1. The van der Waals surface area contributed by atoms with Gasteiger partial charge in [-0.1, -0.05) is 10.3 Å². The van der Waals surface area contributed by atoms with Gasteiger partial charge in [0.2, 0.25) is 0 Å². The monoisotopic (exact) mass is 167 g/mol. The second kappa shape index (κ2) is 2.77. The van der Waals surface area contributed by atoms with Crippen LogP contribution in [-0.2, 0) is 6.42 Å². The van der Waals surface area contributed by atoms with Gasteiger partial charge in [-0.05, 0) is 26.7 Å². The molecule has 1 aromatic heterocycles. The lowest BCUT2D eigenvalue weighted by atomic mass is 10.2. The quantitative estimate of drug-likeness (QED) is 0.630. The molecular formula is C8H13N3O. The number of nitrogens with zero attached hydrogens (tertiary/aromatic N) is 3. The summed E-state index contributed by atoms with van der Waals surface area (Å²) in [6.07, 6.45) is 2.12. The fourth-order valence-corrected chi connectivity index (χ4v) is 1.46. The van der Waals surface area contributed by atoms with Crippen molar-refractivity contribution in [3.05, 3.63) is 5.69 Å². The zero-order valence-electron chi connectivity index (χ0n) is 7.45. The van der Waals surface area contributed by atoms with Gasteiger partial charge in [0, 0.05) is 6.04 Å². The molecule has 0 fully saturated rings. The second-order valence-electron chi connectivity index (χ2n) is 3.33. The number of hydrogen-bond acceptors (Lipinski definition) is 3. The second-order valence-corrected chi connectivity index (χ2v) is 3.33. The van der Waals surface area contributed by atoms with E-state index in [4.69, 9.17) is 4.74 Å². The van der Waals surface area contributed by atoms with Gasteiger partial charge in [0.15, 0.2) is 0 Å². The fourth-order valence-electron chi connectivity index (χ4n) is 1.46. The van der Waals surface area contributed by atoms with Crippen molar-refractivity contribution in [3.63, 3.8) is 0 Å². The molecule has 4 nitrogen and oxygen atoms in total. The van der Waals surface area contributed by atoms with Crippen LogP contribution >= 0.6 is 0 Å². The highest BCUT2D eigenvalue weighted by atomic mass is 16.5. The first-order valence-electron chi connectivity index (χ1n) is 4.36. The van der Waals surface area contributed by atoms with Gasteiger partial charge in [-0.15, -0.1) is 0 Å². The lowest BCUT2D eigenvalue weighted by Crippen LogP contribution is -2.13. The minimum atomic E-state index is 0.378. The highest BCUT2D eigenvalue weighted by molar-refractivity contribution is 5.19. The van der Waals surface area contributed by atoms with E-state index in [0.29, 0.717) is 6.04 Å². The Morgan fingerprint density at radius 1 is 1.50 bits per heavy atom. The SMILES string of the molecule is CC(C)n1nnc2c1CCCO2. The van der Waals surface area contributed by atoms with Crippen LogP contribution in [0, 0.1) is 0 Å². The Bertz CT molecular complexity index is 280. The Morgan fingerprint density at radius 2 is 2.33 bits per heavy atom. The van der Waals surface area contributed by atoms with E-state index >= 15 is 0 Å². The van der Waals surface area contributed by atoms with Crippen LogP contribution in [0.2, 0.25) is 0 Å². The molecule has 0 N–H and O–H groups in total. The molecule has 0 spiro atoms. The first-order valence-corrected chi connectivity index (χ1v) is 4.36. The molecule has 0 aliphatic carbocycles. The molecule has 2 heterocycles. The number of aromatic nitrogens is 3. The lowest BCUT2D eigenvalue weighted by molar-refractivity contribution is 0.274. The molecule has 2 rings (SSSR count). The predicted octanol–water partition coefficient (Wildman–Crippen LogP) is 1.18. The van der Waals surface area contributed by atoms with E-state index in [2.05, 4.69) is 24.2 Å². The van der Waals surface area contributed by atoms with Crippen LogP contribution in [0.5, 0.6) is 5.88 Å². The molecule has 0 atom stereocenters. The Labute approximate surface area is 71.5 Å². The summed E-state index contributed by atoms with van der Waals surface area (Å²) in [5.41, 5.74) is 1.15. The molecule has 0 unspecified atom stereocenters. The fraction of sp³-hybridized carbons (Fsp3) is 0.750. The zero-order valence-corrected chi connectivity index (χ0v) is 7.45. The van der Waals surface area contributed by atoms with Gasteiger partial charge in [0.1, 0.15) is 5.69 Å². The Balaban J connectivity index is 2.38. The highest BCUT2D eigenvalue weighted by Crippen LogP contribution is 2.23. The third-order valence-corrected chi connectivity index (χ3v) is 2.04. The van der Waals surface area contributed by atoms with Crippen LogP contribution in [0.4, 0.5) is 0 Å². The normalized spacial score (nSPS) is 15.9. The largest absolute Gasteiger partial charge is 0.475 e. The molecule has 0 radical (unpaired) electrons. The van der Waals surface area contributed by atoms with Gasteiger partial charge in [0.05, 0.1) is 6.61 Å².